The number of phenolic OH excluding ortho intramolecular Hbond substituents is 1. The number of aromatic hydroxyl groups is 1. The fourth-order valence-electron chi connectivity index (χ4n) is 1.66. The number of carbonyl (C=O) groups is 1. The molecule has 3 nitrogen and oxygen atoms in total. The SMILES string of the molecule is CN(C(=O)c1c(F)cccc1F)c1ccc(O)cc1. The predicted molar refractivity (Wildman–Crippen MR) is 67.2 cm³/mol. The molecule has 2 aromatic rings. The van der Waals surface area contributed by atoms with E-state index in [0.717, 1.165) is 17.0 Å². The minimum absolute atomic E-state index is 0.0432. The Labute approximate surface area is 108 Å². The fraction of sp³-hybridized carbons (Fsp3) is 0.0714. The van der Waals surface area contributed by atoms with Crippen molar-refractivity contribution in [2.45, 2.75) is 0 Å². The second kappa shape index (κ2) is 5.06. The summed E-state index contributed by atoms with van der Waals surface area (Å²) in [5, 5.41) is 9.16. The second-order valence-electron chi connectivity index (χ2n) is 3.98. The van der Waals surface area contributed by atoms with Crippen LogP contribution in [0.15, 0.2) is 42.5 Å². The first-order chi connectivity index (χ1) is 9.00. The van der Waals surface area contributed by atoms with Crippen molar-refractivity contribution < 1.29 is 18.7 Å². The van der Waals surface area contributed by atoms with Gasteiger partial charge in [-0.15, -0.1) is 0 Å². The van der Waals surface area contributed by atoms with Crippen LogP contribution < -0.4 is 4.90 Å². The van der Waals surface area contributed by atoms with E-state index in [4.69, 9.17) is 5.11 Å². The Balaban J connectivity index is 2.36. The largest absolute Gasteiger partial charge is 0.508 e. The van der Waals surface area contributed by atoms with E-state index in [1.807, 2.05) is 0 Å². The zero-order valence-corrected chi connectivity index (χ0v) is 10.1. The Bertz CT molecular complexity index is 591. The van der Waals surface area contributed by atoms with Crippen molar-refractivity contribution in [1.82, 2.24) is 0 Å². The molecule has 0 aliphatic rings. The molecular formula is C14H11F2NO2. The van der Waals surface area contributed by atoms with Crippen LogP contribution >= 0.6 is 0 Å². The van der Waals surface area contributed by atoms with Gasteiger partial charge in [-0.25, -0.2) is 8.78 Å². The predicted octanol–water partition coefficient (Wildman–Crippen LogP) is 2.95. The maximum Gasteiger partial charge on any atom is 0.263 e. The monoisotopic (exact) mass is 263 g/mol. The first kappa shape index (κ1) is 13.0. The molecule has 2 aromatic carbocycles. The molecular weight excluding hydrogens is 252 g/mol. The Kier molecular flexibility index (Phi) is 3.46. The van der Waals surface area contributed by atoms with Crippen molar-refractivity contribution >= 4 is 11.6 Å². The molecule has 19 heavy (non-hydrogen) atoms. The third kappa shape index (κ3) is 2.54. The highest BCUT2D eigenvalue weighted by molar-refractivity contribution is 6.06. The summed E-state index contributed by atoms with van der Waals surface area (Å²) in [6.45, 7) is 0. The molecule has 0 bridgehead atoms. The number of rotatable bonds is 2. The molecule has 1 amide bonds. The average molecular weight is 263 g/mol. The highest BCUT2D eigenvalue weighted by Crippen LogP contribution is 2.21. The van der Waals surface area contributed by atoms with Crippen LogP contribution in [0.5, 0.6) is 5.75 Å². The van der Waals surface area contributed by atoms with E-state index in [2.05, 4.69) is 0 Å². The molecule has 0 heterocycles. The summed E-state index contributed by atoms with van der Waals surface area (Å²) in [6.07, 6.45) is 0. The maximum atomic E-state index is 13.5. The number of carbonyl (C=O) groups excluding carboxylic acids is 1. The van der Waals surface area contributed by atoms with Gasteiger partial charge in [-0.3, -0.25) is 4.79 Å². The molecule has 0 aromatic heterocycles. The van der Waals surface area contributed by atoms with E-state index < -0.39 is 23.1 Å². The molecule has 0 unspecified atom stereocenters. The van der Waals surface area contributed by atoms with Gasteiger partial charge < -0.3 is 10.0 Å². The Morgan fingerprint density at radius 3 is 2.11 bits per heavy atom. The summed E-state index contributed by atoms with van der Waals surface area (Å²) in [7, 11) is 1.40. The number of amides is 1. The zero-order chi connectivity index (χ0) is 14.0. The Morgan fingerprint density at radius 1 is 1.05 bits per heavy atom. The van der Waals surface area contributed by atoms with E-state index in [-0.39, 0.29) is 5.75 Å². The first-order valence-electron chi connectivity index (χ1n) is 5.52. The van der Waals surface area contributed by atoms with Crippen molar-refractivity contribution in [3.63, 3.8) is 0 Å². The summed E-state index contributed by atoms with van der Waals surface area (Å²) < 4.78 is 27.0. The van der Waals surface area contributed by atoms with Crippen LogP contribution in [-0.4, -0.2) is 18.1 Å². The van der Waals surface area contributed by atoms with Crippen LogP contribution in [0.3, 0.4) is 0 Å². The van der Waals surface area contributed by atoms with Crippen molar-refractivity contribution in [2.75, 3.05) is 11.9 Å². The van der Waals surface area contributed by atoms with E-state index in [1.54, 1.807) is 0 Å². The maximum absolute atomic E-state index is 13.5. The Morgan fingerprint density at radius 2 is 1.58 bits per heavy atom. The number of nitrogens with zero attached hydrogens (tertiary/aromatic N) is 1. The molecule has 0 saturated carbocycles. The van der Waals surface area contributed by atoms with E-state index in [1.165, 1.54) is 37.4 Å². The van der Waals surface area contributed by atoms with Crippen molar-refractivity contribution in [1.29, 1.82) is 0 Å². The lowest BCUT2D eigenvalue weighted by Gasteiger charge is -2.18. The van der Waals surface area contributed by atoms with Crippen molar-refractivity contribution in [3.8, 4) is 5.75 Å². The lowest BCUT2D eigenvalue weighted by molar-refractivity contribution is 0.0985. The minimum atomic E-state index is -0.907. The topological polar surface area (TPSA) is 40.5 Å². The minimum Gasteiger partial charge on any atom is -0.508 e. The van der Waals surface area contributed by atoms with Crippen LogP contribution in [0.4, 0.5) is 14.5 Å². The number of phenols is 1. The van der Waals surface area contributed by atoms with Gasteiger partial charge in [0.15, 0.2) is 0 Å². The van der Waals surface area contributed by atoms with Gasteiger partial charge in [0.1, 0.15) is 22.9 Å². The lowest BCUT2D eigenvalue weighted by atomic mass is 10.1. The van der Waals surface area contributed by atoms with E-state index in [0.29, 0.717) is 5.69 Å². The van der Waals surface area contributed by atoms with Gasteiger partial charge in [0.05, 0.1) is 0 Å². The molecule has 0 radical (unpaired) electrons. The van der Waals surface area contributed by atoms with Gasteiger partial charge >= 0.3 is 0 Å². The summed E-state index contributed by atoms with van der Waals surface area (Å²) in [5.41, 5.74) is -0.177. The first-order valence-corrected chi connectivity index (χ1v) is 5.52. The Hall–Kier alpha value is -2.43. The van der Waals surface area contributed by atoms with Gasteiger partial charge in [-0.05, 0) is 36.4 Å². The van der Waals surface area contributed by atoms with Crippen molar-refractivity contribution in [2.24, 2.45) is 0 Å². The molecule has 2 rings (SSSR count). The molecule has 0 fully saturated rings. The second-order valence-corrected chi connectivity index (χ2v) is 3.98. The highest BCUT2D eigenvalue weighted by atomic mass is 19.1. The van der Waals surface area contributed by atoms with Crippen LogP contribution in [0, 0.1) is 11.6 Å². The third-order valence-corrected chi connectivity index (χ3v) is 2.72. The van der Waals surface area contributed by atoms with Gasteiger partial charge in [0.2, 0.25) is 0 Å². The van der Waals surface area contributed by atoms with Crippen LogP contribution in [-0.2, 0) is 0 Å². The summed E-state index contributed by atoms with van der Waals surface area (Å²) in [4.78, 5) is 13.2. The molecule has 0 saturated heterocycles. The summed E-state index contributed by atoms with van der Waals surface area (Å²) in [6, 6.07) is 8.98. The normalized spacial score (nSPS) is 10.3. The molecule has 0 aliphatic carbocycles. The molecule has 0 atom stereocenters. The fourth-order valence-corrected chi connectivity index (χ4v) is 1.66. The zero-order valence-electron chi connectivity index (χ0n) is 10.1. The quantitative estimate of drug-likeness (QED) is 0.905. The number of benzene rings is 2. The molecule has 0 aliphatic heterocycles. The van der Waals surface area contributed by atoms with E-state index in [9.17, 15) is 13.6 Å². The summed E-state index contributed by atoms with van der Waals surface area (Å²) >= 11 is 0. The van der Waals surface area contributed by atoms with Gasteiger partial charge in [0, 0.05) is 12.7 Å². The highest BCUT2D eigenvalue weighted by Gasteiger charge is 2.21. The van der Waals surface area contributed by atoms with Crippen LogP contribution in [0.1, 0.15) is 10.4 Å². The van der Waals surface area contributed by atoms with Crippen LogP contribution in [0.25, 0.3) is 0 Å². The summed E-state index contributed by atoms with van der Waals surface area (Å²) in [5.74, 6) is -2.56. The van der Waals surface area contributed by atoms with Crippen molar-refractivity contribution in [3.05, 3.63) is 59.7 Å². The van der Waals surface area contributed by atoms with Gasteiger partial charge in [-0.1, -0.05) is 6.07 Å². The van der Waals surface area contributed by atoms with E-state index >= 15 is 0 Å². The lowest BCUT2D eigenvalue weighted by Crippen LogP contribution is -2.28. The molecule has 98 valence electrons. The molecule has 1 N–H and O–H groups in total. The van der Waals surface area contributed by atoms with Gasteiger partial charge in [-0.2, -0.15) is 0 Å². The smallest absolute Gasteiger partial charge is 0.263 e. The average Bonchev–Trinajstić information content (AvgIpc) is 2.38. The number of hydrogen-bond acceptors (Lipinski definition) is 2. The molecule has 5 heteroatoms. The number of hydrogen-bond donors (Lipinski definition) is 1. The number of anilines is 1. The van der Waals surface area contributed by atoms with Crippen LogP contribution in [0.2, 0.25) is 0 Å². The third-order valence-electron chi connectivity index (χ3n) is 2.72. The standard InChI is InChI=1S/C14H11F2NO2/c1-17(9-5-7-10(18)8-6-9)14(19)13-11(15)3-2-4-12(13)16/h2-8,18H,1H3. The number of halogens is 2. The molecule has 0 spiro atoms. The van der Waals surface area contributed by atoms with Gasteiger partial charge in [0.25, 0.3) is 5.91 Å².